The van der Waals surface area contributed by atoms with E-state index in [1.54, 1.807) is 0 Å². The first-order chi connectivity index (χ1) is 10.2. The van der Waals surface area contributed by atoms with E-state index in [0.717, 1.165) is 36.2 Å². The summed E-state index contributed by atoms with van der Waals surface area (Å²) in [6.45, 7) is 8.95. The molecule has 1 fully saturated rings. The Hall–Kier alpha value is -0.580. The van der Waals surface area contributed by atoms with Gasteiger partial charge in [-0.05, 0) is 51.4 Å². The molecule has 0 aliphatic carbocycles. The van der Waals surface area contributed by atoms with Crippen molar-refractivity contribution >= 4 is 15.9 Å². The van der Waals surface area contributed by atoms with Crippen molar-refractivity contribution in [2.24, 2.45) is 5.92 Å². The highest BCUT2D eigenvalue weighted by Crippen LogP contribution is 2.38. The lowest BCUT2D eigenvalue weighted by Gasteiger charge is -2.29. The summed E-state index contributed by atoms with van der Waals surface area (Å²) >= 11 is 3.59. The molecule has 1 aliphatic rings. The van der Waals surface area contributed by atoms with Gasteiger partial charge in [-0.15, -0.1) is 0 Å². The average molecular weight is 356 g/mol. The smallest absolute Gasteiger partial charge is 0.124 e. The Morgan fingerprint density at radius 2 is 2.24 bits per heavy atom. The molecule has 4 heteroatoms. The number of hydrogen-bond donors (Lipinski definition) is 1. The topological polar surface area (TPSA) is 30.5 Å². The van der Waals surface area contributed by atoms with E-state index in [-0.39, 0.29) is 12.1 Å². The summed E-state index contributed by atoms with van der Waals surface area (Å²) in [5.41, 5.74) is 1.24. The fourth-order valence-electron chi connectivity index (χ4n) is 3.03. The lowest BCUT2D eigenvalue weighted by Crippen LogP contribution is -2.32. The van der Waals surface area contributed by atoms with Gasteiger partial charge in [-0.1, -0.05) is 22.9 Å². The van der Waals surface area contributed by atoms with Gasteiger partial charge in [0, 0.05) is 28.6 Å². The summed E-state index contributed by atoms with van der Waals surface area (Å²) < 4.78 is 12.7. The normalized spacial score (nSPS) is 23.2. The van der Waals surface area contributed by atoms with Crippen molar-refractivity contribution in [1.29, 1.82) is 0 Å². The summed E-state index contributed by atoms with van der Waals surface area (Å²) in [5.74, 6) is 1.47. The highest BCUT2D eigenvalue weighted by atomic mass is 79.9. The molecule has 1 aliphatic heterocycles. The number of ether oxygens (including phenoxy) is 2. The lowest BCUT2D eigenvalue weighted by molar-refractivity contribution is 0.0949. The number of nitrogens with one attached hydrogen (secondary N) is 1. The fourth-order valence-corrected chi connectivity index (χ4v) is 3.41. The summed E-state index contributed by atoms with van der Waals surface area (Å²) in [5, 5.41) is 3.70. The first-order valence-corrected chi connectivity index (χ1v) is 8.73. The van der Waals surface area contributed by atoms with Gasteiger partial charge in [0.15, 0.2) is 0 Å². The van der Waals surface area contributed by atoms with Crippen molar-refractivity contribution in [2.45, 2.75) is 45.8 Å². The molecular formula is C17H26BrNO2. The van der Waals surface area contributed by atoms with Gasteiger partial charge in [-0.25, -0.2) is 0 Å². The Kier molecular flexibility index (Phi) is 6.52. The zero-order chi connectivity index (χ0) is 15.2. The third kappa shape index (κ3) is 4.21. The van der Waals surface area contributed by atoms with Crippen LogP contribution in [0.1, 0.15) is 45.2 Å². The second kappa shape index (κ2) is 8.16. The van der Waals surface area contributed by atoms with Gasteiger partial charge < -0.3 is 14.8 Å². The van der Waals surface area contributed by atoms with Crippen molar-refractivity contribution in [3.63, 3.8) is 0 Å². The van der Waals surface area contributed by atoms with Crippen LogP contribution in [0.2, 0.25) is 0 Å². The average Bonchev–Trinajstić information content (AvgIpc) is 2.88. The van der Waals surface area contributed by atoms with Crippen LogP contribution in [0.4, 0.5) is 0 Å². The second-order valence-electron chi connectivity index (χ2n) is 5.58. The molecule has 0 saturated carbocycles. The van der Waals surface area contributed by atoms with Crippen LogP contribution in [0.5, 0.6) is 5.75 Å². The van der Waals surface area contributed by atoms with E-state index in [0.29, 0.717) is 12.5 Å². The third-order valence-electron chi connectivity index (χ3n) is 4.08. The van der Waals surface area contributed by atoms with Crippen molar-refractivity contribution in [2.75, 3.05) is 19.8 Å². The van der Waals surface area contributed by atoms with E-state index in [2.05, 4.69) is 47.2 Å². The predicted octanol–water partition coefficient (Wildman–Crippen LogP) is 4.31. The number of benzene rings is 1. The second-order valence-corrected chi connectivity index (χ2v) is 6.49. The van der Waals surface area contributed by atoms with E-state index in [9.17, 15) is 0 Å². The molecule has 0 radical (unpaired) electrons. The van der Waals surface area contributed by atoms with Gasteiger partial charge in [-0.3, -0.25) is 0 Å². The largest absolute Gasteiger partial charge is 0.494 e. The number of hydrogen-bond acceptors (Lipinski definition) is 3. The molecule has 3 unspecified atom stereocenters. The van der Waals surface area contributed by atoms with E-state index in [1.165, 1.54) is 5.56 Å². The Morgan fingerprint density at radius 3 is 2.86 bits per heavy atom. The molecule has 1 aromatic carbocycles. The van der Waals surface area contributed by atoms with Gasteiger partial charge in [0.25, 0.3) is 0 Å². The van der Waals surface area contributed by atoms with Crippen LogP contribution >= 0.6 is 15.9 Å². The Morgan fingerprint density at radius 1 is 1.43 bits per heavy atom. The maximum Gasteiger partial charge on any atom is 0.124 e. The minimum absolute atomic E-state index is 0.279. The minimum atomic E-state index is 0.279. The molecule has 0 bridgehead atoms. The molecule has 0 spiro atoms. The highest BCUT2D eigenvalue weighted by Gasteiger charge is 2.34. The quantitative estimate of drug-likeness (QED) is 0.790. The standard InChI is InChI=1S/C17H26BrNO2/c1-4-9-19-17(14-8-10-21-12(14)3)15-11-13(18)6-7-16(15)20-5-2/h6-7,11-12,14,17,19H,4-5,8-10H2,1-3H3. The van der Waals surface area contributed by atoms with Crippen LogP contribution in [0, 0.1) is 5.92 Å². The number of halogens is 1. The summed E-state index contributed by atoms with van der Waals surface area (Å²) in [6, 6.07) is 6.56. The third-order valence-corrected chi connectivity index (χ3v) is 4.58. The maximum atomic E-state index is 5.85. The van der Waals surface area contributed by atoms with Gasteiger partial charge in [-0.2, -0.15) is 0 Å². The van der Waals surface area contributed by atoms with Gasteiger partial charge in [0.2, 0.25) is 0 Å². The Bertz CT molecular complexity index is 452. The molecule has 0 amide bonds. The predicted molar refractivity (Wildman–Crippen MR) is 89.9 cm³/mol. The fraction of sp³-hybridized carbons (Fsp3) is 0.647. The molecule has 3 atom stereocenters. The van der Waals surface area contributed by atoms with Gasteiger partial charge in [0.05, 0.1) is 12.7 Å². The van der Waals surface area contributed by atoms with Crippen molar-refractivity contribution < 1.29 is 9.47 Å². The molecule has 1 N–H and O–H groups in total. The van der Waals surface area contributed by atoms with Crippen LogP contribution in [0.3, 0.4) is 0 Å². The van der Waals surface area contributed by atoms with E-state index in [1.807, 2.05) is 13.0 Å². The molecule has 2 rings (SSSR count). The minimum Gasteiger partial charge on any atom is -0.494 e. The van der Waals surface area contributed by atoms with Gasteiger partial charge >= 0.3 is 0 Å². The Labute approximate surface area is 136 Å². The molecule has 1 saturated heterocycles. The highest BCUT2D eigenvalue weighted by molar-refractivity contribution is 9.10. The van der Waals surface area contributed by atoms with Gasteiger partial charge in [0.1, 0.15) is 5.75 Å². The lowest BCUT2D eigenvalue weighted by atomic mass is 9.87. The Balaban J connectivity index is 2.32. The van der Waals surface area contributed by atoms with Crippen molar-refractivity contribution in [1.82, 2.24) is 5.32 Å². The number of rotatable bonds is 7. The molecule has 118 valence electrons. The SMILES string of the molecule is CCCNC(c1cc(Br)ccc1OCC)C1CCOC1C. The summed E-state index contributed by atoms with van der Waals surface area (Å²) in [6.07, 6.45) is 2.50. The zero-order valence-corrected chi connectivity index (χ0v) is 14.8. The van der Waals surface area contributed by atoms with Crippen LogP contribution in [-0.2, 0) is 4.74 Å². The monoisotopic (exact) mass is 355 g/mol. The molecule has 21 heavy (non-hydrogen) atoms. The molecule has 1 heterocycles. The molecule has 1 aromatic rings. The summed E-state index contributed by atoms with van der Waals surface area (Å²) in [4.78, 5) is 0. The zero-order valence-electron chi connectivity index (χ0n) is 13.2. The van der Waals surface area contributed by atoms with Crippen LogP contribution in [0.25, 0.3) is 0 Å². The molecule has 0 aromatic heterocycles. The van der Waals surface area contributed by atoms with Crippen LogP contribution in [-0.4, -0.2) is 25.9 Å². The molecule has 3 nitrogen and oxygen atoms in total. The maximum absolute atomic E-state index is 5.85. The van der Waals surface area contributed by atoms with Crippen LogP contribution < -0.4 is 10.1 Å². The first kappa shape index (κ1) is 16.8. The summed E-state index contributed by atoms with van der Waals surface area (Å²) in [7, 11) is 0. The van der Waals surface area contributed by atoms with E-state index < -0.39 is 0 Å². The van der Waals surface area contributed by atoms with Crippen molar-refractivity contribution in [3.05, 3.63) is 28.2 Å². The molecular weight excluding hydrogens is 330 g/mol. The van der Waals surface area contributed by atoms with Crippen molar-refractivity contribution in [3.8, 4) is 5.75 Å². The first-order valence-electron chi connectivity index (χ1n) is 7.94. The van der Waals surface area contributed by atoms with Crippen LogP contribution in [0.15, 0.2) is 22.7 Å². The van der Waals surface area contributed by atoms with E-state index >= 15 is 0 Å². The van der Waals surface area contributed by atoms with E-state index in [4.69, 9.17) is 9.47 Å².